The number of pyridine rings is 1. The van der Waals surface area contributed by atoms with E-state index < -0.39 is 0 Å². The van der Waals surface area contributed by atoms with Gasteiger partial charge in [0.25, 0.3) is 0 Å². The number of nitrogens with zero attached hydrogens (tertiary/aromatic N) is 1. The second-order valence-corrected chi connectivity index (χ2v) is 4.43. The van der Waals surface area contributed by atoms with Crippen molar-refractivity contribution in [2.24, 2.45) is 0 Å². The van der Waals surface area contributed by atoms with Gasteiger partial charge in [0.05, 0.1) is 0 Å². The van der Waals surface area contributed by atoms with Gasteiger partial charge in [-0.25, -0.2) is 4.39 Å². The zero-order valence-corrected chi connectivity index (χ0v) is 10.7. The molecule has 1 aromatic carbocycles. The Kier molecular flexibility index (Phi) is 4.05. The van der Waals surface area contributed by atoms with Crippen LogP contribution >= 0.6 is 0 Å². The van der Waals surface area contributed by atoms with E-state index in [0.29, 0.717) is 5.56 Å². The summed E-state index contributed by atoms with van der Waals surface area (Å²) in [5.41, 5.74) is 2.79. The second-order valence-electron chi connectivity index (χ2n) is 4.43. The number of nitrogens with one attached hydrogen (secondary N) is 1. The molecule has 0 fully saturated rings. The molecule has 0 aliphatic carbocycles. The van der Waals surface area contributed by atoms with Crippen molar-refractivity contribution in [2.75, 3.05) is 7.05 Å². The summed E-state index contributed by atoms with van der Waals surface area (Å²) in [6.07, 6.45) is 4.26. The van der Waals surface area contributed by atoms with Gasteiger partial charge >= 0.3 is 0 Å². The van der Waals surface area contributed by atoms with Crippen molar-refractivity contribution in [3.05, 3.63) is 65.2 Å². The average molecular weight is 244 g/mol. The van der Waals surface area contributed by atoms with Gasteiger partial charge in [-0.1, -0.05) is 12.1 Å². The molecule has 0 bridgehead atoms. The highest BCUT2D eigenvalue weighted by molar-refractivity contribution is 5.28. The lowest BCUT2D eigenvalue weighted by Gasteiger charge is -2.17. The first-order chi connectivity index (χ1) is 8.70. The zero-order chi connectivity index (χ0) is 13.0. The third-order valence-electron chi connectivity index (χ3n) is 3.07. The number of hydrogen-bond acceptors (Lipinski definition) is 2. The molecule has 1 atom stereocenters. The molecule has 0 aliphatic rings. The average Bonchev–Trinajstić information content (AvgIpc) is 2.38. The molecule has 0 saturated carbocycles. The summed E-state index contributed by atoms with van der Waals surface area (Å²) in [6, 6.07) is 9.26. The van der Waals surface area contributed by atoms with E-state index in [1.807, 2.05) is 38.2 Å². The van der Waals surface area contributed by atoms with Crippen LogP contribution in [0.2, 0.25) is 0 Å². The molecule has 2 rings (SSSR count). The lowest BCUT2D eigenvalue weighted by Crippen LogP contribution is -2.20. The first-order valence-electron chi connectivity index (χ1n) is 6.03. The first-order valence-corrected chi connectivity index (χ1v) is 6.03. The van der Waals surface area contributed by atoms with Crippen LogP contribution in [0.1, 0.15) is 22.7 Å². The molecule has 1 heterocycles. The molecule has 0 saturated heterocycles. The van der Waals surface area contributed by atoms with Crippen LogP contribution < -0.4 is 5.32 Å². The standard InChI is InChI=1S/C15H17FN2/c1-11-3-4-13(14(16)9-11)15(17-2)10-12-5-7-18-8-6-12/h3-9,15,17H,10H2,1-2H3. The fraction of sp³-hybridized carbons (Fsp3) is 0.267. The molecule has 0 amide bonds. The summed E-state index contributed by atoms with van der Waals surface area (Å²) in [7, 11) is 1.85. The number of rotatable bonds is 4. The van der Waals surface area contributed by atoms with Crippen molar-refractivity contribution in [3.8, 4) is 0 Å². The van der Waals surface area contributed by atoms with Gasteiger partial charge in [0.2, 0.25) is 0 Å². The van der Waals surface area contributed by atoms with E-state index in [2.05, 4.69) is 10.3 Å². The number of aryl methyl sites for hydroxylation is 1. The smallest absolute Gasteiger partial charge is 0.128 e. The molecule has 0 aliphatic heterocycles. The molecule has 94 valence electrons. The predicted octanol–water partition coefficient (Wildman–Crippen LogP) is 3.03. The second kappa shape index (κ2) is 5.74. The van der Waals surface area contributed by atoms with Crippen LogP contribution in [0.25, 0.3) is 0 Å². The maximum Gasteiger partial charge on any atom is 0.128 e. The minimum atomic E-state index is -0.150. The monoisotopic (exact) mass is 244 g/mol. The number of likely N-dealkylation sites (N-methyl/N-ethyl adjacent to an activating group) is 1. The van der Waals surface area contributed by atoms with Crippen LogP contribution in [0.4, 0.5) is 4.39 Å². The van der Waals surface area contributed by atoms with Crippen LogP contribution in [-0.4, -0.2) is 12.0 Å². The van der Waals surface area contributed by atoms with Gasteiger partial charge in [-0.2, -0.15) is 0 Å². The topological polar surface area (TPSA) is 24.9 Å². The number of benzene rings is 1. The highest BCUT2D eigenvalue weighted by Crippen LogP contribution is 2.21. The quantitative estimate of drug-likeness (QED) is 0.894. The molecule has 1 aromatic heterocycles. The molecule has 0 spiro atoms. The van der Waals surface area contributed by atoms with Crippen molar-refractivity contribution in [2.45, 2.75) is 19.4 Å². The van der Waals surface area contributed by atoms with E-state index in [9.17, 15) is 4.39 Å². The van der Waals surface area contributed by atoms with E-state index in [-0.39, 0.29) is 11.9 Å². The van der Waals surface area contributed by atoms with E-state index >= 15 is 0 Å². The molecular weight excluding hydrogens is 227 g/mol. The Hall–Kier alpha value is -1.74. The third-order valence-corrected chi connectivity index (χ3v) is 3.07. The molecule has 2 nitrogen and oxygen atoms in total. The SMILES string of the molecule is CNC(Cc1ccncc1)c1ccc(C)cc1F. The Balaban J connectivity index is 2.23. The Morgan fingerprint density at radius 3 is 2.56 bits per heavy atom. The maximum absolute atomic E-state index is 13.9. The van der Waals surface area contributed by atoms with Crippen LogP contribution in [0.15, 0.2) is 42.7 Å². The van der Waals surface area contributed by atoms with E-state index in [1.54, 1.807) is 18.5 Å². The molecule has 0 radical (unpaired) electrons. The highest BCUT2D eigenvalue weighted by atomic mass is 19.1. The summed E-state index contributed by atoms with van der Waals surface area (Å²) < 4.78 is 13.9. The highest BCUT2D eigenvalue weighted by Gasteiger charge is 2.14. The minimum absolute atomic E-state index is 0.0204. The summed E-state index contributed by atoms with van der Waals surface area (Å²) >= 11 is 0. The van der Waals surface area contributed by atoms with Gasteiger partial charge < -0.3 is 5.32 Å². The zero-order valence-electron chi connectivity index (χ0n) is 10.7. The van der Waals surface area contributed by atoms with Crippen LogP contribution in [0, 0.1) is 12.7 Å². The summed E-state index contributed by atoms with van der Waals surface area (Å²) in [5.74, 6) is -0.150. The van der Waals surface area contributed by atoms with Crippen LogP contribution in [0.5, 0.6) is 0 Å². The molecule has 3 heteroatoms. The van der Waals surface area contributed by atoms with Gasteiger partial charge in [-0.3, -0.25) is 4.98 Å². The molecule has 2 aromatic rings. The summed E-state index contributed by atoms with van der Waals surface area (Å²) in [5, 5.41) is 3.17. The van der Waals surface area contributed by atoms with Crippen LogP contribution in [0.3, 0.4) is 0 Å². The lowest BCUT2D eigenvalue weighted by molar-refractivity contribution is 0.533. The largest absolute Gasteiger partial charge is 0.313 e. The van der Waals surface area contributed by atoms with Gasteiger partial charge in [0.15, 0.2) is 0 Å². The van der Waals surface area contributed by atoms with Crippen molar-refractivity contribution >= 4 is 0 Å². The van der Waals surface area contributed by atoms with E-state index in [1.165, 1.54) is 0 Å². The maximum atomic E-state index is 13.9. The molecule has 1 unspecified atom stereocenters. The Bertz CT molecular complexity index is 511. The molecular formula is C15H17FN2. The predicted molar refractivity (Wildman–Crippen MR) is 70.9 cm³/mol. The van der Waals surface area contributed by atoms with E-state index in [4.69, 9.17) is 0 Å². The van der Waals surface area contributed by atoms with Crippen LogP contribution in [-0.2, 0) is 6.42 Å². The van der Waals surface area contributed by atoms with Gasteiger partial charge in [-0.15, -0.1) is 0 Å². The normalized spacial score (nSPS) is 12.4. The van der Waals surface area contributed by atoms with Gasteiger partial charge in [0.1, 0.15) is 5.82 Å². The number of aromatic nitrogens is 1. The number of hydrogen-bond donors (Lipinski definition) is 1. The fourth-order valence-electron chi connectivity index (χ4n) is 2.04. The van der Waals surface area contributed by atoms with Crippen molar-refractivity contribution in [1.29, 1.82) is 0 Å². The lowest BCUT2D eigenvalue weighted by atomic mass is 9.98. The summed E-state index contributed by atoms with van der Waals surface area (Å²) in [4.78, 5) is 3.99. The molecule has 18 heavy (non-hydrogen) atoms. The molecule has 1 N–H and O–H groups in total. The summed E-state index contributed by atoms with van der Waals surface area (Å²) in [6.45, 7) is 1.89. The Labute approximate surface area is 107 Å². The van der Waals surface area contributed by atoms with Gasteiger partial charge in [-0.05, 0) is 49.7 Å². The Morgan fingerprint density at radius 2 is 1.94 bits per heavy atom. The first kappa shape index (κ1) is 12.7. The van der Waals surface area contributed by atoms with Crippen molar-refractivity contribution in [3.63, 3.8) is 0 Å². The fourth-order valence-corrected chi connectivity index (χ4v) is 2.04. The Morgan fingerprint density at radius 1 is 1.22 bits per heavy atom. The van der Waals surface area contributed by atoms with Crippen molar-refractivity contribution < 1.29 is 4.39 Å². The minimum Gasteiger partial charge on any atom is -0.313 e. The third kappa shape index (κ3) is 2.93. The van der Waals surface area contributed by atoms with E-state index in [0.717, 1.165) is 17.5 Å². The van der Waals surface area contributed by atoms with Crippen molar-refractivity contribution in [1.82, 2.24) is 10.3 Å². The van der Waals surface area contributed by atoms with Gasteiger partial charge in [0, 0.05) is 24.0 Å². The number of halogens is 1.